The van der Waals surface area contributed by atoms with Crippen molar-refractivity contribution in [2.45, 2.75) is 19.9 Å². The van der Waals surface area contributed by atoms with E-state index in [0.717, 1.165) is 34.2 Å². The van der Waals surface area contributed by atoms with E-state index >= 15 is 0 Å². The summed E-state index contributed by atoms with van der Waals surface area (Å²) in [6.45, 7) is 10.0. The number of rotatable bonds is 2. The van der Waals surface area contributed by atoms with Gasteiger partial charge in [0.2, 0.25) is 0 Å². The zero-order chi connectivity index (χ0) is 15.1. The minimum Gasteiger partial charge on any atom is -0.509 e. The lowest BCUT2D eigenvalue weighted by atomic mass is 10.0. The summed E-state index contributed by atoms with van der Waals surface area (Å²) in [4.78, 5) is 16.5. The van der Waals surface area contributed by atoms with Crippen LogP contribution >= 0.6 is 0 Å². The first-order chi connectivity index (χ1) is 10.0. The molecule has 0 atom stereocenters. The molecule has 3 rings (SSSR count). The summed E-state index contributed by atoms with van der Waals surface area (Å²) < 4.78 is 1.72. The number of aromatic nitrogens is 2. The molecule has 1 aliphatic heterocycles. The molecule has 0 radical (unpaired) electrons. The van der Waals surface area contributed by atoms with E-state index in [1.54, 1.807) is 22.8 Å². The Hall–Kier alpha value is -2.62. The van der Waals surface area contributed by atoms with Gasteiger partial charge in [-0.3, -0.25) is 4.79 Å². The molecule has 4 nitrogen and oxygen atoms in total. The first-order valence-corrected chi connectivity index (χ1v) is 6.83. The molecule has 106 valence electrons. The summed E-state index contributed by atoms with van der Waals surface area (Å²) in [6.07, 6.45) is 2.36. The second-order valence-electron chi connectivity index (χ2n) is 5.10. The summed E-state index contributed by atoms with van der Waals surface area (Å²) in [6, 6.07) is 5.19. The third-order valence-electron chi connectivity index (χ3n) is 3.81. The van der Waals surface area contributed by atoms with Crippen molar-refractivity contribution in [2.75, 3.05) is 0 Å². The molecule has 0 spiro atoms. The van der Waals surface area contributed by atoms with Gasteiger partial charge in [-0.2, -0.15) is 0 Å². The monoisotopic (exact) mass is 280 g/mol. The van der Waals surface area contributed by atoms with Crippen molar-refractivity contribution in [2.24, 2.45) is 0 Å². The Morgan fingerprint density at radius 1 is 1.52 bits per heavy atom. The van der Waals surface area contributed by atoms with Gasteiger partial charge in [0.25, 0.3) is 5.56 Å². The van der Waals surface area contributed by atoms with E-state index in [9.17, 15) is 9.90 Å². The second-order valence-corrected chi connectivity index (χ2v) is 5.10. The maximum Gasteiger partial charge on any atom is 0.251 e. The van der Waals surface area contributed by atoms with E-state index in [4.69, 9.17) is 0 Å². The quantitative estimate of drug-likeness (QED) is 0.715. The van der Waals surface area contributed by atoms with E-state index in [2.05, 4.69) is 18.1 Å². The normalized spacial score (nSPS) is 13.1. The molecule has 21 heavy (non-hydrogen) atoms. The van der Waals surface area contributed by atoms with Crippen LogP contribution in [0.25, 0.3) is 24.0 Å². The molecule has 1 N–H and O–H groups in total. The molecule has 0 saturated carbocycles. The summed E-state index contributed by atoms with van der Waals surface area (Å²) in [5.74, 6) is -0.0240. The molecule has 1 aliphatic rings. The van der Waals surface area contributed by atoms with Gasteiger partial charge < -0.3 is 9.67 Å². The second kappa shape index (κ2) is 4.74. The van der Waals surface area contributed by atoms with Gasteiger partial charge >= 0.3 is 0 Å². The smallest absolute Gasteiger partial charge is 0.251 e. The molecule has 4 heteroatoms. The summed E-state index contributed by atoms with van der Waals surface area (Å²) in [5.41, 5.74) is 3.70. The number of aliphatic hydroxyl groups is 1. The van der Waals surface area contributed by atoms with E-state index in [1.165, 1.54) is 0 Å². The Morgan fingerprint density at radius 3 is 2.95 bits per heavy atom. The SMILES string of the molecule is C=C(O)C=c1c(CC)c2c(nc1=C)-c1cccc(=O)n1C2. The van der Waals surface area contributed by atoms with Crippen LogP contribution in [0.4, 0.5) is 0 Å². The molecule has 0 aromatic carbocycles. The van der Waals surface area contributed by atoms with Gasteiger partial charge in [-0.15, -0.1) is 0 Å². The van der Waals surface area contributed by atoms with Gasteiger partial charge in [0.15, 0.2) is 0 Å². The lowest BCUT2D eigenvalue weighted by Gasteiger charge is -2.07. The van der Waals surface area contributed by atoms with Crippen LogP contribution in [0.15, 0.2) is 35.3 Å². The zero-order valence-corrected chi connectivity index (χ0v) is 11.9. The van der Waals surface area contributed by atoms with Crippen LogP contribution in [-0.2, 0) is 13.0 Å². The molecular weight excluding hydrogens is 264 g/mol. The zero-order valence-electron chi connectivity index (χ0n) is 11.9. The molecule has 0 aliphatic carbocycles. The van der Waals surface area contributed by atoms with Gasteiger partial charge in [-0.25, -0.2) is 4.98 Å². The number of fused-ring (bicyclic) bond motifs is 3. The van der Waals surface area contributed by atoms with Crippen molar-refractivity contribution >= 4 is 12.7 Å². The highest BCUT2D eigenvalue weighted by Crippen LogP contribution is 2.28. The molecular formula is C17H16N2O2. The van der Waals surface area contributed by atoms with Gasteiger partial charge in [-0.05, 0) is 24.1 Å². The lowest BCUT2D eigenvalue weighted by Crippen LogP contribution is -2.32. The highest BCUT2D eigenvalue weighted by Gasteiger charge is 2.23. The third kappa shape index (κ3) is 2.00. The van der Waals surface area contributed by atoms with Gasteiger partial charge in [0.1, 0.15) is 5.76 Å². The number of allylic oxidation sites excluding steroid dienone is 1. The predicted octanol–water partition coefficient (Wildman–Crippen LogP) is 1.10. The Bertz CT molecular complexity index is 923. The van der Waals surface area contributed by atoms with Crippen LogP contribution < -0.4 is 16.1 Å². The third-order valence-corrected chi connectivity index (χ3v) is 3.81. The molecule has 2 aromatic rings. The Labute approximate surface area is 122 Å². The van der Waals surface area contributed by atoms with Crippen molar-refractivity contribution in [3.05, 3.63) is 62.6 Å². The maximum absolute atomic E-state index is 12.0. The summed E-state index contributed by atoms with van der Waals surface area (Å²) in [5, 5.41) is 10.8. The van der Waals surface area contributed by atoms with Crippen molar-refractivity contribution in [3.63, 3.8) is 0 Å². The van der Waals surface area contributed by atoms with Gasteiger partial charge in [0, 0.05) is 16.8 Å². The Morgan fingerprint density at radius 2 is 2.29 bits per heavy atom. The minimum absolute atomic E-state index is 0.0240. The molecule has 3 heterocycles. The standard InChI is InChI=1S/C17H16N2O2/c1-4-12-13(8-10(2)20)11(3)18-17-14(12)9-19-15(17)6-5-7-16(19)21/h5-8,20H,2-4,9H2,1H3. The number of nitrogens with zero attached hydrogens (tertiary/aromatic N) is 2. The van der Waals surface area contributed by atoms with Gasteiger partial charge in [0.05, 0.1) is 23.3 Å². The van der Waals surface area contributed by atoms with Crippen LogP contribution in [0.1, 0.15) is 18.1 Å². The fourth-order valence-electron chi connectivity index (χ4n) is 2.91. The highest BCUT2D eigenvalue weighted by atomic mass is 16.3. The first-order valence-electron chi connectivity index (χ1n) is 6.83. The molecule has 0 unspecified atom stereocenters. The number of hydrogen-bond donors (Lipinski definition) is 1. The number of pyridine rings is 2. The average Bonchev–Trinajstić information content (AvgIpc) is 2.79. The van der Waals surface area contributed by atoms with Gasteiger partial charge in [-0.1, -0.05) is 26.1 Å². The molecule has 0 amide bonds. The van der Waals surface area contributed by atoms with Crippen LogP contribution in [0.3, 0.4) is 0 Å². The topological polar surface area (TPSA) is 55.1 Å². The molecule has 0 saturated heterocycles. The maximum atomic E-state index is 12.0. The van der Waals surface area contributed by atoms with E-state index in [-0.39, 0.29) is 11.3 Å². The molecule has 0 fully saturated rings. The van der Waals surface area contributed by atoms with Crippen LogP contribution in [0.2, 0.25) is 0 Å². The van der Waals surface area contributed by atoms with Crippen LogP contribution in [0, 0.1) is 0 Å². The first kappa shape index (κ1) is 13.4. The number of hydrogen-bond acceptors (Lipinski definition) is 3. The van der Waals surface area contributed by atoms with Crippen molar-refractivity contribution in [1.82, 2.24) is 9.55 Å². The number of aliphatic hydroxyl groups excluding tert-OH is 1. The summed E-state index contributed by atoms with van der Waals surface area (Å²) >= 11 is 0. The average molecular weight is 280 g/mol. The van der Waals surface area contributed by atoms with E-state index in [0.29, 0.717) is 11.9 Å². The van der Waals surface area contributed by atoms with Crippen molar-refractivity contribution in [1.29, 1.82) is 0 Å². The minimum atomic E-state index is -0.0322. The van der Waals surface area contributed by atoms with Crippen LogP contribution in [0.5, 0.6) is 0 Å². The Balaban J connectivity index is 2.40. The molecule has 2 aromatic heterocycles. The predicted molar refractivity (Wildman–Crippen MR) is 83.4 cm³/mol. The van der Waals surface area contributed by atoms with Crippen LogP contribution in [-0.4, -0.2) is 14.7 Å². The molecule has 0 bridgehead atoms. The fourth-order valence-corrected chi connectivity index (χ4v) is 2.91. The van der Waals surface area contributed by atoms with E-state index in [1.807, 2.05) is 13.0 Å². The highest BCUT2D eigenvalue weighted by molar-refractivity contribution is 5.66. The van der Waals surface area contributed by atoms with Crippen molar-refractivity contribution < 1.29 is 5.11 Å². The fraction of sp³-hybridized carbons (Fsp3) is 0.176. The largest absolute Gasteiger partial charge is 0.509 e. The lowest BCUT2D eigenvalue weighted by molar-refractivity contribution is 0.444. The summed E-state index contributed by atoms with van der Waals surface area (Å²) in [7, 11) is 0. The van der Waals surface area contributed by atoms with Crippen molar-refractivity contribution in [3.8, 4) is 11.4 Å². The Kier molecular flexibility index (Phi) is 3.01. The van der Waals surface area contributed by atoms with E-state index < -0.39 is 0 Å².